The van der Waals surface area contributed by atoms with Gasteiger partial charge in [0.2, 0.25) is 10.0 Å². The van der Waals surface area contributed by atoms with Gasteiger partial charge in [-0.2, -0.15) is 0 Å². The zero-order valence-corrected chi connectivity index (χ0v) is 7.84. The zero-order chi connectivity index (χ0) is 11.7. The highest BCUT2D eigenvalue weighted by atomic mass is 32.2. The van der Waals surface area contributed by atoms with E-state index in [1.54, 1.807) is 0 Å². The summed E-state index contributed by atoms with van der Waals surface area (Å²) in [5.74, 6) is -0.903. The summed E-state index contributed by atoms with van der Waals surface area (Å²) in [6, 6.07) is 0.757. The third kappa shape index (κ3) is 3.36. The van der Waals surface area contributed by atoms with Crippen molar-refractivity contribution in [1.29, 1.82) is 0 Å². The molecule has 1 aromatic heterocycles. The first-order valence-electron chi connectivity index (χ1n) is 3.43. The minimum atomic E-state index is -4.99. The normalized spacial score (nSPS) is 12.5. The van der Waals surface area contributed by atoms with E-state index in [4.69, 9.17) is 0 Å². The number of halogens is 3. The highest BCUT2D eigenvalue weighted by molar-refractivity contribution is 7.89. The van der Waals surface area contributed by atoms with Gasteiger partial charge in [-0.15, -0.1) is 13.2 Å². The molecule has 15 heavy (non-hydrogen) atoms. The number of primary sulfonamides is 1. The van der Waals surface area contributed by atoms with Crippen molar-refractivity contribution in [3.63, 3.8) is 0 Å². The summed E-state index contributed by atoms with van der Waals surface area (Å²) in [4.78, 5) is 2.52. The Bertz CT molecular complexity index is 457. The maximum Gasteiger partial charge on any atom is 0.573 e. The van der Waals surface area contributed by atoms with Crippen molar-refractivity contribution < 1.29 is 26.3 Å². The topological polar surface area (TPSA) is 82.3 Å². The number of ether oxygens (including phenoxy) is 1. The number of hydrogen-bond acceptors (Lipinski definition) is 4. The van der Waals surface area contributed by atoms with Gasteiger partial charge in [-0.1, -0.05) is 0 Å². The third-order valence-corrected chi connectivity index (χ3v) is 2.20. The van der Waals surface area contributed by atoms with Gasteiger partial charge in [0.25, 0.3) is 0 Å². The van der Waals surface area contributed by atoms with Crippen LogP contribution in [0, 0.1) is 0 Å². The minimum Gasteiger partial charge on any atom is -0.404 e. The Labute approximate surface area is 82.7 Å². The highest BCUT2D eigenvalue weighted by Crippen LogP contribution is 2.27. The van der Waals surface area contributed by atoms with E-state index in [0.717, 1.165) is 12.3 Å². The lowest BCUT2D eigenvalue weighted by atomic mass is 10.4. The molecule has 0 amide bonds. The van der Waals surface area contributed by atoms with Crippen LogP contribution in [-0.2, 0) is 10.0 Å². The molecule has 0 spiro atoms. The van der Waals surface area contributed by atoms with Crippen LogP contribution in [0.1, 0.15) is 0 Å². The standard InChI is InChI=1S/C6H5F3N2O3S/c7-6(8,9)14-4-1-2-11-3-5(4)15(10,12)13/h1-3H,(H2,10,12,13). The van der Waals surface area contributed by atoms with Crippen molar-refractivity contribution in [2.75, 3.05) is 0 Å². The highest BCUT2D eigenvalue weighted by Gasteiger charge is 2.33. The van der Waals surface area contributed by atoms with E-state index in [1.165, 1.54) is 0 Å². The van der Waals surface area contributed by atoms with E-state index in [0.29, 0.717) is 6.20 Å². The molecule has 0 fully saturated rings. The number of hydrogen-bond donors (Lipinski definition) is 1. The van der Waals surface area contributed by atoms with Crippen molar-refractivity contribution in [1.82, 2.24) is 4.98 Å². The average molecular weight is 242 g/mol. The van der Waals surface area contributed by atoms with Crippen LogP contribution in [0.5, 0.6) is 5.75 Å². The number of rotatable bonds is 2. The van der Waals surface area contributed by atoms with Gasteiger partial charge in [0.15, 0.2) is 5.75 Å². The number of sulfonamides is 1. The third-order valence-electron chi connectivity index (χ3n) is 1.28. The number of alkyl halides is 3. The number of pyridine rings is 1. The van der Waals surface area contributed by atoms with Gasteiger partial charge in [0, 0.05) is 12.3 Å². The molecule has 0 radical (unpaired) electrons. The second-order valence-corrected chi connectivity index (χ2v) is 3.95. The largest absolute Gasteiger partial charge is 0.573 e. The molecule has 0 saturated carbocycles. The number of nitrogens with zero attached hydrogens (tertiary/aromatic N) is 1. The Kier molecular flexibility index (Phi) is 2.86. The first-order chi connectivity index (χ1) is 6.70. The van der Waals surface area contributed by atoms with Crippen LogP contribution in [0.15, 0.2) is 23.4 Å². The molecule has 0 saturated heterocycles. The molecule has 0 atom stereocenters. The Morgan fingerprint density at radius 3 is 2.47 bits per heavy atom. The molecule has 1 rings (SSSR count). The predicted octanol–water partition coefficient (Wildman–Crippen LogP) is 0.628. The Morgan fingerprint density at radius 1 is 1.40 bits per heavy atom. The molecule has 0 aromatic carbocycles. The van der Waals surface area contributed by atoms with Crippen LogP contribution in [0.25, 0.3) is 0 Å². The maximum absolute atomic E-state index is 11.8. The van der Waals surface area contributed by atoms with Crippen molar-refractivity contribution in [2.24, 2.45) is 5.14 Å². The number of aromatic nitrogens is 1. The molecule has 1 aromatic rings. The Hall–Kier alpha value is -1.35. The summed E-state index contributed by atoms with van der Waals surface area (Å²) in [7, 11) is -4.29. The lowest BCUT2D eigenvalue weighted by Crippen LogP contribution is -2.21. The zero-order valence-electron chi connectivity index (χ0n) is 7.02. The molecule has 0 aliphatic carbocycles. The molecule has 0 unspecified atom stereocenters. The summed E-state index contributed by atoms with van der Waals surface area (Å²) in [6.07, 6.45) is -3.35. The van der Waals surface area contributed by atoms with E-state index in [-0.39, 0.29) is 0 Å². The first kappa shape index (κ1) is 11.7. The molecule has 0 aliphatic heterocycles. The van der Waals surface area contributed by atoms with Gasteiger partial charge in [-0.25, -0.2) is 13.6 Å². The van der Waals surface area contributed by atoms with Crippen LogP contribution in [0.4, 0.5) is 13.2 Å². The quantitative estimate of drug-likeness (QED) is 0.824. The van der Waals surface area contributed by atoms with Gasteiger partial charge in [0.05, 0.1) is 6.20 Å². The summed E-state index contributed by atoms with van der Waals surface area (Å²) < 4.78 is 60.6. The van der Waals surface area contributed by atoms with E-state index in [9.17, 15) is 21.6 Å². The summed E-state index contributed by atoms with van der Waals surface area (Å²) in [6.45, 7) is 0. The van der Waals surface area contributed by atoms with E-state index >= 15 is 0 Å². The van der Waals surface area contributed by atoms with Crippen molar-refractivity contribution in [2.45, 2.75) is 11.3 Å². The van der Waals surface area contributed by atoms with Gasteiger partial charge < -0.3 is 4.74 Å². The van der Waals surface area contributed by atoms with Crippen molar-refractivity contribution >= 4 is 10.0 Å². The van der Waals surface area contributed by atoms with E-state index in [1.807, 2.05) is 0 Å². The lowest BCUT2D eigenvalue weighted by Gasteiger charge is -2.10. The fourth-order valence-corrected chi connectivity index (χ4v) is 1.39. The summed E-state index contributed by atoms with van der Waals surface area (Å²) in [5, 5.41) is 4.66. The van der Waals surface area contributed by atoms with Crippen molar-refractivity contribution in [3.8, 4) is 5.75 Å². The first-order valence-corrected chi connectivity index (χ1v) is 4.97. The SMILES string of the molecule is NS(=O)(=O)c1cnccc1OC(F)(F)F. The molecule has 1 heterocycles. The summed E-state index contributed by atoms with van der Waals surface area (Å²) >= 11 is 0. The van der Waals surface area contributed by atoms with Gasteiger partial charge in [-0.3, -0.25) is 4.98 Å². The molecule has 84 valence electrons. The lowest BCUT2D eigenvalue weighted by molar-refractivity contribution is -0.275. The Balaban J connectivity index is 3.20. The molecular formula is C6H5F3N2O3S. The van der Waals surface area contributed by atoms with Crippen molar-refractivity contribution in [3.05, 3.63) is 18.5 Å². The van der Waals surface area contributed by atoms with E-state index in [2.05, 4.69) is 14.9 Å². The second kappa shape index (κ2) is 3.66. The van der Waals surface area contributed by atoms with Crippen LogP contribution < -0.4 is 9.88 Å². The van der Waals surface area contributed by atoms with Crippen LogP contribution in [-0.4, -0.2) is 19.8 Å². The summed E-state index contributed by atoms with van der Waals surface area (Å²) in [5.41, 5.74) is 0. The molecule has 2 N–H and O–H groups in total. The molecule has 0 bridgehead atoms. The fourth-order valence-electron chi connectivity index (χ4n) is 0.790. The van der Waals surface area contributed by atoms with E-state index < -0.39 is 27.0 Å². The predicted molar refractivity (Wildman–Crippen MR) is 42.3 cm³/mol. The molecular weight excluding hydrogens is 237 g/mol. The fraction of sp³-hybridized carbons (Fsp3) is 0.167. The molecule has 9 heteroatoms. The molecule has 5 nitrogen and oxygen atoms in total. The maximum atomic E-state index is 11.8. The Morgan fingerprint density at radius 2 is 2.00 bits per heavy atom. The van der Waals surface area contributed by atoms with Gasteiger partial charge >= 0.3 is 6.36 Å². The number of nitrogens with two attached hydrogens (primary N) is 1. The van der Waals surface area contributed by atoms with Crippen LogP contribution in [0.2, 0.25) is 0 Å². The minimum absolute atomic E-state index is 0.677. The molecule has 0 aliphatic rings. The smallest absolute Gasteiger partial charge is 0.404 e. The monoisotopic (exact) mass is 242 g/mol. The second-order valence-electron chi connectivity index (χ2n) is 2.42. The van der Waals surface area contributed by atoms with Gasteiger partial charge in [0.1, 0.15) is 4.90 Å². The van der Waals surface area contributed by atoms with Crippen LogP contribution in [0.3, 0.4) is 0 Å². The van der Waals surface area contributed by atoms with Crippen LogP contribution >= 0.6 is 0 Å². The van der Waals surface area contributed by atoms with Gasteiger partial charge in [-0.05, 0) is 0 Å². The average Bonchev–Trinajstić information content (AvgIpc) is 1.99.